The Labute approximate surface area is 147 Å². The first-order chi connectivity index (χ1) is 10.9. The van der Waals surface area contributed by atoms with Gasteiger partial charge in [-0.25, -0.2) is 0 Å². The summed E-state index contributed by atoms with van der Waals surface area (Å²) >= 11 is 2.00. The minimum absolute atomic E-state index is 0. The first-order valence-corrected chi connectivity index (χ1v) is 8.83. The highest BCUT2D eigenvalue weighted by Gasteiger charge is 2.18. The number of pyridine rings is 1. The summed E-state index contributed by atoms with van der Waals surface area (Å²) in [5.41, 5.74) is 6.35. The van der Waals surface area contributed by atoms with E-state index in [1.165, 1.54) is 33.6 Å². The number of aromatic nitrogens is 1. The Balaban J connectivity index is 0.00000156. The summed E-state index contributed by atoms with van der Waals surface area (Å²) in [4.78, 5) is 4.88. The molecule has 2 aromatic carbocycles. The van der Waals surface area contributed by atoms with Crippen molar-refractivity contribution in [3.05, 3.63) is 71.4 Å². The molecule has 0 radical (unpaired) electrons. The van der Waals surface area contributed by atoms with Crippen LogP contribution in [0.15, 0.2) is 54.6 Å². The normalized spacial score (nSPS) is 13.2. The quantitative estimate of drug-likeness (QED) is 0.720. The third-order valence-corrected chi connectivity index (χ3v) is 5.11. The molecule has 0 fully saturated rings. The van der Waals surface area contributed by atoms with Crippen LogP contribution in [-0.4, -0.2) is 10.7 Å². The predicted octanol–water partition coefficient (Wildman–Crippen LogP) is 5.06. The number of anilines is 1. The van der Waals surface area contributed by atoms with Crippen molar-refractivity contribution >= 4 is 40.8 Å². The lowest BCUT2D eigenvalue weighted by Gasteiger charge is -2.21. The number of nitrogens with zero attached hydrogens (tertiary/aromatic N) is 1. The molecule has 1 aliphatic rings. The number of halogens is 1. The van der Waals surface area contributed by atoms with E-state index in [1.807, 2.05) is 11.8 Å². The smallest absolute Gasteiger partial charge is 0.0726 e. The highest BCUT2D eigenvalue weighted by Crippen LogP contribution is 2.35. The van der Waals surface area contributed by atoms with Gasteiger partial charge in [0.2, 0.25) is 0 Å². The molecule has 118 valence electrons. The van der Waals surface area contributed by atoms with Gasteiger partial charge >= 0.3 is 0 Å². The Kier molecular flexibility index (Phi) is 5.09. The van der Waals surface area contributed by atoms with Crippen molar-refractivity contribution in [2.75, 3.05) is 11.1 Å². The lowest BCUT2D eigenvalue weighted by Crippen LogP contribution is -2.11. The zero-order chi connectivity index (χ0) is 14.8. The Morgan fingerprint density at radius 3 is 2.65 bits per heavy atom. The van der Waals surface area contributed by atoms with Crippen LogP contribution in [0.3, 0.4) is 0 Å². The van der Waals surface area contributed by atoms with Crippen molar-refractivity contribution in [2.45, 2.75) is 18.7 Å². The third kappa shape index (κ3) is 3.31. The average molecular weight is 343 g/mol. The summed E-state index contributed by atoms with van der Waals surface area (Å²) in [7, 11) is 0. The average Bonchev–Trinajstić information content (AvgIpc) is 2.59. The predicted molar refractivity (Wildman–Crippen MR) is 103 cm³/mol. The molecule has 0 saturated carbocycles. The fourth-order valence-electron chi connectivity index (χ4n) is 3.00. The van der Waals surface area contributed by atoms with Gasteiger partial charge in [-0.1, -0.05) is 48.5 Å². The summed E-state index contributed by atoms with van der Waals surface area (Å²) in [6.45, 7) is 0.853. The van der Waals surface area contributed by atoms with Crippen molar-refractivity contribution in [1.82, 2.24) is 4.98 Å². The number of hydrogen-bond acceptors (Lipinski definition) is 3. The second-order valence-corrected chi connectivity index (χ2v) is 6.68. The SMILES string of the molecule is Cl.c1ccc(CNc2c3c(nc4ccccc24)CCSC3)cc1. The second kappa shape index (κ2) is 7.24. The second-order valence-electron chi connectivity index (χ2n) is 5.57. The van der Waals surface area contributed by atoms with E-state index >= 15 is 0 Å². The monoisotopic (exact) mass is 342 g/mol. The van der Waals surface area contributed by atoms with E-state index in [0.29, 0.717) is 0 Å². The number of benzene rings is 2. The van der Waals surface area contributed by atoms with Gasteiger partial charge in [-0.05, 0) is 23.8 Å². The standard InChI is InChI=1S/C19H18N2S.ClH/c1-2-6-14(7-3-1)12-20-19-15-8-4-5-9-17(15)21-18-10-11-22-13-16(18)19;/h1-9H,10-13H2,(H,20,21);1H. The summed E-state index contributed by atoms with van der Waals surface area (Å²) in [5, 5.41) is 4.91. The van der Waals surface area contributed by atoms with E-state index in [9.17, 15) is 0 Å². The van der Waals surface area contributed by atoms with Crippen molar-refractivity contribution < 1.29 is 0 Å². The zero-order valence-electron chi connectivity index (χ0n) is 12.8. The van der Waals surface area contributed by atoms with Crippen LogP contribution in [0.25, 0.3) is 10.9 Å². The molecule has 2 nitrogen and oxygen atoms in total. The fraction of sp³-hybridized carbons (Fsp3) is 0.211. The van der Waals surface area contributed by atoms with Crippen LogP contribution in [-0.2, 0) is 18.7 Å². The van der Waals surface area contributed by atoms with E-state index in [4.69, 9.17) is 4.98 Å². The van der Waals surface area contributed by atoms with Gasteiger partial charge in [-0.15, -0.1) is 12.4 Å². The molecule has 3 aromatic rings. The maximum atomic E-state index is 4.88. The maximum absolute atomic E-state index is 4.88. The molecule has 0 amide bonds. The molecular formula is C19H19ClN2S. The minimum Gasteiger partial charge on any atom is -0.380 e. The van der Waals surface area contributed by atoms with Crippen LogP contribution >= 0.6 is 24.2 Å². The molecule has 4 heteroatoms. The van der Waals surface area contributed by atoms with E-state index in [-0.39, 0.29) is 12.4 Å². The van der Waals surface area contributed by atoms with Gasteiger partial charge < -0.3 is 5.32 Å². The summed E-state index contributed by atoms with van der Waals surface area (Å²) < 4.78 is 0. The Hall–Kier alpha value is -1.71. The fourth-order valence-corrected chi connectivity index (χ4v) is 3.99. The molecule has 2 heterocycles. The van der Waals surface area contributed by atoms with Gasteiger partial charge in [0.25, 0.3) is 0 Å². The van der Waals surface area contributed by atoms with Gasteiger partial charge in [-0.3, -0.25) is 4.98 Å². The Bertz CT molecular complexity index is 805. The number of rotatable bonds is 3. The van der Waals surface area contributed by atoms with Crippen LogP contribution in [0, 0.1) is 0 Å². The number of hydrogen-bond donors (Lipinski definition) is 1. The highest BCUT2D eigenvalue weighted by atomic mass is 35.5. The van der Waals surface area contributed by atoms with Crippen molar-refractivity contribution in [3.63, 3.8) is 0 Å². The molecule has 1 aromatic heterocycles. The number of nitrogens with one attached hydrogen (secondary N) is 1. The molecule has 4 rings (SSSR count). The topological polar surface area (TPSA) is 24.9 Å². The molecule has 1 aliphatic heterocycles. The number of thioether (sulfide) groups is 1. The molecule has 0 unspecified atom stereocenters. The van der Waals surface area contributed by atoms with Crippen molar-refractivity contribution in [2.24, 2.45) is 0 Å². The van der Waals surface area contributed by atoms with Gasteiger partial charge in [0.15, 0.2) is 0 Å². The van der Waals surface area contributed by atoms with E-state index in [0.717, 1.165) is 24.2 Å². The van der Waals surface area contributed by atoms with Gasteiger partial charge in [0.1, 0.15) is 0 Å². The van der Waals surface area contributed by atoms with E-state index in [1.54, 1.807) is 0 Å². The van der Waals surface area contributed by atoms with Crippen LogP contribution in [0.4, 0.5) is 5.69 Å². The largest absolute Gasteiger partial charge is 0.380 e. The Morgan fingerprint density at radius 1 is 1.00 bits per heavy atom. The first kappa shape index (κ1) is 16.2. The van der Waals surface area contributed by atoms with Crippen molar-refractivity contribution in [3.8, 4) is 0 Å². The molecule has 0 spiro atoms. The number of fused-ring (bicyclic) bond motifs is 2. The molecule has 23 heavy (non-hydrogen) atoms. The molecule has 0 atom stereocenters. The summed E-state index contributed by atoms with van der Waals surface area (Å²) in [6.07, 6.45) is 1.07. The van der Waals surface area contributed by atoms with Crippen LogP contribution in [0.5, 0.6) is 0 Å². The summed E-state index contributed by atoms with van der Waals surface area (Å²) in [6, 6.07) is 19.0. The van der Waals surface area contributed by atoms with E-state index in [2.05, 4.69) is 59.9 Å². The maximum Gasteiger partial charge on any atom is 0.0726 e. The third-order valence-electron chi connectivity index (χ3n) is 4.12. The Morgan fingerprint density at radius 2 is 1.78 bits per heavy atom. The first-order valence-electron chi connectivity index (χ1n) is 7.68. The number of para-hydroxylation sites is 1. The molecule has 0 aliphatic carbocycles. The number of aryl methyl sites for hydroxylation is 1. The molecule has 0 saturated heterocycles. The molecule has 0 bridgehead atoms. The van der Waals surface area contributed by atoms with E-state index < -0.39 is 0 Å². The molecule has 1 N–H and O–H groups in total. The molecular weight excluding hydrogens is 324 g/mol. The van der Waals surface area contributed by atoms with Gasteiger partial charge in [0, 0.05) is 34.6 Å². The van der Waals surface area contributed by atoms with Crippen molar-refractivity contribution in [1.29, 1.82) is 0 Å². The highest BCUT2D eigenvalue weighted by molar-refractivity contribution is 7.98. The zero-order valence-corrected chi connectivity index (χ0v) is 14.4. The minimum atomic E-state index is 0. The van der Waals surface area contributed by atoms with Gasteiger partial charge in [0.05, 0.1) is 5.52 Å². The van der Waals surface area contributed by atoms with Crippen LogP contribution in [0.2, 0.25) is 0 Å². The van der Waals surface area contributed by atoms with Gasteiger partial charge in [-0.2, -0.15) is 11.8 Å². The van der Waals surface area contributed by atoms with Crippen LogP contribution < -0.4 is 5.32 Å². The lowest BCUT2D eigenvalue weighted by molar-refractivity contribution is 1.00. The van der Waals surface area contributed by atoms with Crippen LogP contribution in [0.1, 0.15) is 16.8 Å². The summed E-state index contributed by atoms with van der Waals surface area (Å²) in [5.74, 6) is 2.24. The lowest BCUT2D eigenvalue weighted by atomic mass is 10.0.